The van der Waals surface area contributed by atoms with Gasteiger partial charge in [0, 0.05) is 12.7 Å². The monoisotopic (exact) mass is 242 g/mol. The fourth-order valence-corrected chi connectivity index (χ4v) is 1.31. The third kappa shape index (κ3) is 3.51. The van der Waals surface area contributed by atoms with Crippen LogP contribution in [0.25, 0.3) is 0 Å². The molecule has 18 heavy (non-hydrogen) atoms. The van der Waals surface area contributed by atoms with E-state index in [0.717, 1.165) is 5.69 Å². The van der Waals surface area contributed by atoms with E-state index in [4.69, 9.17) is 0 Å². The number of pyridine rings is 1. The van der Waals surface area contributed by atoms with Crippen molar-refractivity contribution in [2.45, 2.75) is 6.54 Å². The van der Waals surface area contributed by atoms with Crippen molar-refractivity contribution in [2.75, 3.05) is 17.2 Å². The Hall–Kier alpha value is -2.50. The topological polar surface area (TPSA) is 75.6 Å². The van der Waals surface area contributed by atoms with Gasteiger partial charge < -0.3 is 10.6 Å². The minimum absolute atomic E-state index is 0.467. The Kier molecular flexibility index (Phi) is 4.18. The molecule has 0 spiro atoms. The van der Waals surface area contributed by atoms with E-state index in [1.807, 2.05) is 18.2 Å². The summed E-state index contributed by atoms with van der Waals surface area (Å²) in [5.74, 6) is 1.13. The lowest BCUT2D eigenvalue weighted by Crippen LogP contribution is -2.08. The van der Waals surface area contributed by atoms with Crippen LogP contribution in [-0.4, -0.2) is 26.7 Å². The average molecular weight is 242 g/mol. The van der Waals surface area contributed by atoms with Crippen LogP contribution in [0.5, 0.6) is 0 Å². The third-order valence-corrected chi connectivity index (χ3v) is 2.14. The molecule has 0 bridgehead atoms. The molecule has 2 heterocycles. The van der Waals surface area contributed by atoms with Gasteiger partial charge in [-0.3, -0.25) is 4.98 Å². The second kappa shape index (κ2) is 6.29. The van der Waals surface area contributed by atoms with E-state index in [9.17, 15) is 0 Å². The van der Waals surface area contributed by atoms with Crippen LogP contribution in [0.3, 0.4) is 0 Å². The van der Waals surface area contributed by atoms with Crippen LogP contribution in [-0.2, 0) is 6.54 Å². The molecular formula is C12H14N6. The van der Waals surface area contributed by atoms with E-state index in [1.165, 1.54) is 0 Å². The number of hydrogen-bond acceptors (Lipinski definition) is 6. The zero-order chi connectivity index (χ0) is 12.6. The summed E-state index contributed by atoms with van der Waals surface area (Å²) < 4.78 is 0. The van der Waals surface area contributed by atoms with E-state index in [0.29, 0.717) is 24.9 Å². The standard InChI is InChI=1S/C12H14N6/c1-2-6-14-11-9-16-18-12(17-11)15-8-10-5-3-4-7-13-10/h2-5,7,9H,1,6,8H2,(H2,14,15,17,18). The van der Waals surface area contributed by atoms with Crippen LogP contribution in [0.2, 0.25) is 0 Å². The molecule has 0 amide bonds. The molecule has 0 radical (unpaired) electrons. The van der Waals surface area contributed by atoms with Crippen molar-refractivity contribution < 1.29 is 0 Å². The number of rotatable bonds is 6. The molecule has 0 aliphatic carbocycles. The van der Waals surface area contributed by atoms with Crippen molar-refractivity contribution in [3.8, 4) is 0 Å². The van der Waals surface area contributed by atoms with E-state index in [2.05, 4.69) is 37.4 Å². The molecule has 0 aliphatic heterocycles. The molecule has 0 saturated heterocycles. The van der Waals surface area contributed by atoms with Gasteiger partial charge in [-0.2, -0.15) is 10.1 Å². The molecule has 0 fully saturated rings. The van der Waals surface area contributed by atoms with E-state index >= 15 is 0 Å². The van der Waals surface area contributed by atoms with Crippen LogP contribution in [0.15, 0.2) is 43.2 Å². The van der Waals surface area contributed by atoms with Crippen LogP contribution in [0.4, 0.5) is 11.8 Å². The van der Waals surface area contributed by atoms with Crippen LogP contribution >= 0.6 is 0 Å². The molecule has 92 valence electrons. The lowest BCUT2D eigenvalue weighted by atomic mass is 10.3. The molecule has 0 saturated carbocycles. The van der Waals surface area contributed by atoms with Gasteiger partial charge in [-0.25, -0.2) is 0 Å². The number of aromatic nitrogens is 4. The molecule has 0 aromatic carbocycles. The summed E-state index contributed by atoms with van der Waals surface area (Å²) in [4.78, 5) is 8.45. The minimum Gasteiger partial charge on any atom is -0.365 e. The molecule has 0 atom stereocenters. The fourth-order valence-electron chi connectivity index (χ4n) is 1.31. The highest BCUT2D eigenvalue weighted by atomic mass is 15.3. The summed E-state index contributed by atoms with van der Waals surface area (Å²) in [5.41, 5.74) is 0.922. The number of anilines is 2. The average Bonchev–Trinajstić information content (AvgIpc) is 2.44. The Morgan fingerprint density at radius 3 is 3.00 bits per heavy atom. The molecule has 2 aromatic rings. The van der Waals surface area contributed by atoms with Gasteiger partial charge in [-0.05, 0) is 12.1 Å². The van der Waals surface area contributed by atoms with Crippen molar-refractivity contribution in [1.82, 2.24) is 20.2 Å². The Balaban J connectivity index is 1.95. The maximum atomic E-state index is 4.25. The maximum Gasteiger partial charge on any atom is 0.245 e. The highest BCUT2D eigenvalue weighted by Gasteiger charge is 1.99. The van der Waals surface area contributed by atoms with Gasteiger partial charge in [-0.1, -0.05) is 12.1 Å². The molecule has 0 unspecified atom stereocenters. The summed E-state index contributed by atoms with van der Waals surface area (Å²) in [6, 6.07) is 5.74. The first-order chi connectivity index (χ1) is 8.88. The first-order valence-corrected chi connectivity index (χ1v) is 5.57. The summed E-state index contributed by atoms with van der Waals surface area (Å²) in [5, 5.41) is 13.9. The normalized spacial score (nSPS) is 9.78. The SMILES string of the molecule is C=CCNc1cnnc(NCc2ccccn2)n1. The van der Waals surface area contributed by atoms with Crippen molar-refractivity contribution in [3.05, 3.63) is 48.9 Å². The van der Waals surface area contributed by atoms with Crippen molar-refractivity contribution in [2.24, 2.45) is 0 Å². The Morgan fingerprint density at radius 2 is 2.22 bits per heavy atom. The van der Waals surface area contributed by atoms with Gasteiger partial charge in [-0.15, -0.1) is 11.7 Å². The maximum absolute atomic E-state index is 4.25. The largest absolute Gasteiger partial charge is 0.365 e. The first-order valence-electron chi connectivity index (χ1n) is 5.57. The van der Waals surface area contributed by atoms with Crippen molar-refractivity contribution in [3.63, 3.8) is 0 Å². The lowest BCUT2D eigenvalue weighted by Gasteiger charge is -2.05. The van der Waals surface area contributed by atoms with E-state index in [1.54, 1.807) is 18.5 Å². The lowest BCUT2D eigenvalue weighted by molar-refractivity contribution is 0.931. The van der Waals surface area contributed by atoms with Gasteiger partial charge in [0.25, 0.3) is 0 Å². The van der Waals surface area contributed by atoms with E-state index in [-0.39, 0.29) is 0 Å². The zero-order valence-corrected chi connectivity index (χ0v) is 9.87. The van der Waals surface area contributed by atoms with Gasteiger partial charge >= 0.3 is 0 Å². The summed E-state index contributed by atoms with van der Waals surface area (Å²) >= 11 is 0. The minimum atomic E-state index is 0.467. The summed E-state index contributed by atoms with van der Waals surface area (Å²) in [6.45, 7) is 4.82. The van der Waals surface area contributed by atoms with Crippen LogP contribution < -0.4 is 10.6 Å². The second-order valence-corrected chi connectivity index (χ2v) is 3.51. The number of nitrogens with zero attached hydrogens (tertiary/aromatic N) is 4. The Bertz CT molecular complexity index is 499. The Labute approximate surface area is 105 Å². The van der Waals surface area contributed by atoms with Crippen LogP contribution in [0.1, 0.15) is 5.69 Å². The molecule has 2 N–H and O–H groups in total. The molecule has 0 aliphatic rings. The molecule has 6 heteroatoms. The third-order valence-electron chi connectivity index (χ3n) is 2.14. The predicted molar refractivity (Wildman–Crippen MR) is 70.1 cm³/mol. The molecular weight excluding hydrogens is 228 g/mol. The molecule has 2 aromatic heterocycles. The highest BCUT2D eigenvalue weighted by Crippen LogP contribution is 2.04. The quantitative estimate of drug-likeness (QED) is 0.747. The fraction of sp³-hybridized carbons (Fsp3) is 0.167. The van der Waals surface area contributed by atoms with Gasteiger partial charge in [0.05, 0.1) is 18.4 Å². The van der Waals surface area contributed by atoms with Crippen molar-refractivity contribution >= 4 is 11.8 Å². The molecule has 6 nitrogen and oxygen atoms in total. The van der Waals surface area contributed by atoms with Gasteiger partial charge in [0.1, 0.15) is 0 Å². The Morgan fingerprint density at radius 1 is 1.28 bits per heavy atom. The predicted octanol–water partition coefficient (Wildman–Crippen LogP) is 1.48. The van der Waals surface area contributed by atoms with Crippen LogP contribution in [0, 0.1) is 0 Å². The second-order valence-electron chi connectivity index (χ2n) is 3.51. The van der Waals surface area contributed by atoms with Gasteiger partial charge in [0.2, 0.25) is 5.95 Å². The number of nitrogens with one attached hydrogen (secondary N) is 2. The molecule has 2 rings (SSSR count). The van der Waals surface area contributed by atoms with Gasteiger partial charge in [0.15, 0.2) is 5.82 Å². The summed E-state index contributed by atoms with van der Waals surface area (Å²) in [7, 11) is 0. The van der Waals surface area contributed by atoms with E-state index < -0.39 is 0 Å². The zero-order valence-electron chi connectivity index (χ0n) is 9.87. The first kappa shape index (κ1) is 12.0. The smallest absolute Gasteiger partial charge is 0.245 e. The van der Waals surface area contributed by atoms with Crippen molar-refractivity contribution in [1.29, 1.82) is 0 Å². The number of hydrogen-bond donors (Lipinski definition) is 2. The summed E-state index contributed by atoms with van der Waals surface area (Å²) in [6.07, 6.45) is 5.07. The highest BCUT2D eigenvalue weighted by molar-refractivity contribution is 5.37.